The normalized spacial score (nSPS) is 13.0. The van der Waals surface area contributed by atoms with Gasteiger partial charge in [-0.05, 0) is 24.6 Å². The summed E-state index contributed by atoms with van der Waals surface area (Å²) < 4.78 is 0. The summed E-state index contributed by atoms with van der Waals surface area (Å²) in [6, 6.07) is 15.8. The van der Waals surface area contributed by atoms with E-state index in [2.05, 4.69) is 5.32 Å². The first-order valence-electron chi connectivity index (χ1n) is 7.70. The van der Waals surface area contributed by atoms with E-state index in [-0.39, 0.29) is 18.2 Å². The molecule has 0 saturated carbocycles. The molecule has 0 radical (unpaired) electrons. The van der Waals surface area contributed by atoms with E-state index in [0.29, 0.717) is 16.8 Å². The van der Waals surface area contributed by atoms with E-state index in [1.165, 1.54) is 4.90 Å². The molecule has 2 aromatic rings. The summed E-state index contributed by atoms with van der Waals surface area (Å²) in [5.74, 6) is -0.552. The summed E-state index contributed by atoms with van der Waals surface area (Å²) in [6.07, 6.45) is -0.110. The predicted octanol–water partition coefficient (Wildman–Crippen LogP) is 2.62. The van der Waals surface area contributed by atoms with Crippen LogP contribution in [0.1, 0.15) is 29.3 Å². The van der Waals surface area contributed by atoms with Crippen molar-refractivity contribution in [2.24, 2.45) is 0 Å². The van der Waals surface area contributed by atoms with Crippen LogP contribution in [0.15, 0.2) is 54.6 Å². The molecule has 0 heterocycles. The van der Waals surface area contributed by atoms with Crippen molar-refractivity contribution in [2.45, 2.75) is 18.9 Å². The van der Waals surface area contributed by atoms with Crippen LogP contribution in [0.3, 0.4) is 0 Å². The lowest BCUT2D eigenvalue weighted by Crippen LogP contribution is -2.29. The maximum absolute atomic E-state index is 12.4. The Labute approximate surface area is 141 Å². The number of carbonyl (C=O) groups is 2. The zero-order valence-electron chi connectivity index (χ0n) is 14.1. The van der Waals surface area contributed by atoms with Gasteiger partial charge in [0.25, 0.3) is 5.91 Å². The van der Waals surface area contributed by atoms with Crippen LogP contribution < -0.4 is 5.32 Å². The van der Waals surface area contributed by atoms with Crippen molar-refractivity contribution in [1.82, 2.24) is 4.90 Å². The average Bonchev–Trinajstić information content (AvgIpc) is 2.55. The molecule has 1 atom stereocenters. The number of nitrogens with one attached hydrogen (secondary N) is 1. The minimum absolute atomic E-state index is 0.110. The third-order valence-corrected chi connectivity index (χ3v) is 3.74. The molecule has 24 heavy (non-hydrogen) atoms. The second kappa shape index (κ2) is 7.27. The molecule has 0 saturated heterocycles. The number of carbonyl (C=O) groups excluding carboxylic acids is 2. The number of para-hydroxylation sites is 1. The second-order valence-corrected chi connectivity index (χ2v) is 6.11. The van der Waals surface area contributed by atoms with Crippen LogP contribution in [0.2, 0.25) is 0 Å². The number of anilines is 1. The Balaban J connectivity index is 2.15. The van der Waals surface area contributed by atoms with Gasteiger partial charge in [0.05, 0.1) is 23.3 Å². The Morgan fingerprint density at radius 1 is 1.04 bits per heavy atom. The van der Waals surface area contributed by atoms with Crippen molar-refractivity contribution < 1.29 is 14.7 Å². The second-order valence-electron chi connectivity index (χ2n) is 6.11. The molecule has 0 spiro atoms. The first kappa shape index (κ1) is 17.7. The number of hydrogen-bond acceptors (Lipinski definition) is 3. The minimum Gasteiger partial charge on any atom is -0.385 e. The van der Waals surface area contributed by atoms with Gasteiger partial charge in [-0.3, -0.25) is 9.59 Å². The summed E-state index contributed by atoms with van der Waals surface area (Å²) >= 11 is 0. The van der Waals surface area contributed by atoms with E-state index in [9.17, 15) is 14.7 Å². The van der Waals surface area contributed by atoms with E-state index in [0.717, 1.165) is 0 Å². The fourth-order valence-corrected chi connectivity index (χ4v) is 2.43. The molecule has 0 aromatic heterocycles. The van der Waals surface area contributed by atoms with Gasteiger partial charge in [-0.1, -0.05) is 42.5 Å². The van der Waals surface area contributed by atoms with E-state index in [1.807, 2.05) is 18.2 Å². The molecule has 0 fully saturated rings. The molecule has 2 rings (SSSR count). The number of nitrogens with zero attached hydrogens (tertiary/aromatic N) is 1. The van der Waals surface area contributed by atoms with Gasteiger partial charge in [0.1, 0.15) is 0 Å². The molecular weight excluding hydrogens is 304 g/mol. The van der Waals surface area contributed by atoms with Crippen LogP contribution in [0.25, 0.3) is 0 Å². The van der Waals surface area contributed by atoms with Crippen molar-refractivity contribution in [3.8, 4) is 0 Å². The molecule has 5 heteroatoms. The maximum Gasteiger partial charge on any atom is 0.255 e. The van der Waals surface area contributed by atoms with Crippen LogP contribution >= 0.6 is 0 Å². The van der Waals surface area contributed by atoms with Gasteiger partial charge >= 0.3 is 0 Å². The predicted molar refractivity (Wildman–Crippen MR) is 93.7 cm³/mol. The van der Waals surface area contributed by atoms with Gasteiger partial charge < -0.3 is 15.3 Å². The first-order valence-corrected chi connectivity index (χ1v) is 7.70. The maximum atomic E-state index is 12.4. The van der Waals surface area contributed by atoms with Crippen LogP contribution in [0.4, 0.5) is 5.69 Å². The lowest BCUT2D eigenvalue weighted by Gasteiger charge is -2.23. The number of amides is 2. The topological polar surface area (TPSA) is 69.6 Å². The highest BCUT2D eigenvalue weighted by Gasteiger charge is 2.27. The van der Waals surface area contributed by atoms with Gasteiger partial charge in [0.15, 0.2) is 0 Å². The Bertz CT molecular complexity index is 724. The fourth-order valence-electron chi connectivity index (χ4n) is 2.43. The van der Waals surface area contributed by atoms with Gasteiger partial charge in [-0.15, -0.1) is 0 Å². The smallest absolute Gasteiger partial charge is 0.255 e. The zero-order chi connectivity index (χ0) is 17.7. The highest BCUT2D eigenvalue weighted by Crippen LogP contribution is 2.25. The van der Waals surface area contributed by atoms with E-state index in [4.69, 9.17) is 0 Å². The standard InChI is InChI=1S/C19H22N2O3/c1-19(24,14-9-5-4-6-10-14)13-17(22)20-16-12-8-7-11-15(16)18(23)21(2)3/h4-12,24H,13H2,1-3H3,(H,20,22). The van der Waals surface area contributed by atoms with E-state index >= 15 is 0 Å². The monoisotopic (exact) mass is 326 g/mol. The average molecular weight is 326 g/mol. The quantitative estimate of drug-likeness (QED) is 0.887. The molecule has 1 unspecified atom stereocenters. The molecule has 2 N–H and O–H groups in total. The Hall–Kier alpha value is -2.66. The van der Waals surface area contributed by atoms with Crippen LogP contribution in [0, 0.1) is 0 Å². The van der Waals surface area contributed by atoms with Gasteiger partial charge in [-0.25, -0.2) is 0 Å². The number of aliphatic hydroxyl groups is 1. The lowest BCUT2D eigenvalue weighted by atomic mass is 9.92. The minimum atomic E-state index is -1.29. The first-order chi connectivity index (χ1) is 11.3. The highest BCUT2D eigenvalue weighted by molar-refractivity contribution is 6.03. The van der Waals surface area contributed by atoms with Gasteiger partial charge in [-0.2, -0.15) is 0 Å². The molecule has 2 amide bonds. The van der Waals surface area contributed by atoms with Gasteiger partial charge in [0, 0.05) is 14.1 Å². The summed E-state index contributed by atoms with van der Waals surface area (Å²) in [4.78, 5) is 26.0. The summed E-state index contributed by atoms with van der Waals surface area (Å²) in [5, 5.41) is 13.3. The third kappa shape index (κ3) is 4.20. The zero-order valence-corrected chi connectivity index (χ0v) is 14.1. The van der Waals surface area contributed by atoms with Crippen LogP contribution in [-0.2, 0) is 10.4 Å². The van der Waals surface area contributed by atoms with Crippen molar-refractivity contribution in [3.63, 3.8) is 0 Å². The Kier molecular flexibility index (Phi) is 5.36. The van der Waals surface area contributed by atoms with Gasteiger partial charge in [0.2, 0.25) is 5.91 Å². The van der Waals surface area contributed by atoms with Crippen molar-refractivity contribution in [1.29, 1.82) is 0 Å². The molecule has 0 aliphatic carbocycles. The highest BCUT2D eigenvalue weighted by atomic mass is 16.3. The Morgan fingerprint density at radius 3 is 2.25 bits per heavy atom. The Morgan fingerprint density at radius 2 is 1.62 bits per heavy atom. The summed E-state index contributed by atoms with van der Waals surface area (Å²) in [5.41, 5.74) is 0.226. The SMILES string of the molecule is CN(C)C(=O)c1ccccc1NC(=O)CC(C)(O)c1ccccc1. The largest absolute Gasteiger partial charge is 0.385 e. The molecule has 0 aliphatic heterocycles. The molecule has 0 bridgehead atoms. The molecule has 126 valence electrons. The molecular formula is C19H22N2O3. The van der Waals surface area contributed by atoms with Crippen molar-refractivity contribution in [3.05, 3.63) is 65.7 Å². The summed E-state index contributed by atoms with van der Waals surface area (Å²) in [7, 11) is 3.31. The number of rotatable bonds is 5. The van der Waals surface area contributed by atoms with Crippen LogP contribution in [0.5, 0.6) is 0 Å². The van der Waals surface area contributed by atoms with E-state index < -0.39 is 5.60 Å². The number of hydrogen-bond donors (Lipinski definition) is 2. The fraction of sp³-hybridized carbons (Fsp3) is 0.263. The van der Waals surface area contributed by atoms with Crippen LogP contribution in [-0.4, -0.2) is 35.9 Å². The number of benzene rings is 2. The van der Waals surface area contributed by atoms with Crippen molar-refractivity contribution in [2.75, 3.05) is 19.4 Å². The van der Waals surface area contributed by atoms with Crippen molar-refractivity contribution >= 4 is 17.5 Å². The third-order valence-electron chi connectivity index (χ3n) is 3.74. The van der Waals surface area contributed by atoms with E-state index in [1.54, 1.807) is 57.4 Å². The molecule has 2 aromatic carbocycles. The molecule has 5 nitrogen and oxygen atoms in total. The lowest BCUT2D eigenvalue weighted by molar-refractivity contribution is -0.120. The molecule has 0 aliphatic rings. The summed E-state index contributed by atoms with van der Waals surface area (Å²) in [6.45, 7) is 1.60.